The molecule has 0 saturated carbocycles. The van der Waals surface area contributed by atoms with Crippen molar-refractivity contribution in [2.75, 3.05) is 20.1 Å². The van der Waals surface area contributed by atoms with E-state index < -0.39 is 0 Å². The molecule has 3 rings (SSSR count). The molecular formula is C16H24N2OS. The zero-order valence-electron chi connectivity index (χ0n) is 12.5. The van der Waals surface area contributed by atoms with Gasteiger partial charge in [-0.3, -0.25) is 4.79 Å². The molecule has 0 aromatic carbocycles. The summed E-state index contributed by atoms with van der Waals surface area (Å²) in [6.07, 6.45) is 5.81. The lowest BCUT2D eigenvalue weighted by molar-refractivity contribution is 0.0668. The van der Waals surface area contributed by atoms with Crippen LogP contribution in [-0.4, -0.2) is 47.9 Å². The molecule has 0 spiro atoms. The number of aryl methyl sites for hydroxylation is 1. The van der Waals surface area contributed by atoms with E-state index in [1.807, 2.05) is 0 Å². The average Bonchev–Trinajstić information content (AvgIpc) is 3.17. The Kier molecular flexibility index (Phi) is 4.13. The summed E-state index contributed by atoms with van der Waals surface area (Å²) in [6.45, 7) is 4.25. The van der Waals surface area contributed by atoms with Crippen LogP contribution in [0.5, 0.6) is 0 Å². The van der Waals surface area contributed by atoms with Crippen molar-refractivity contribution in [3.63, 3.8) is 0 Å². The van der Waals surface area contributed by atoms with Crippen molar-refractivity contribution >= 4 is 17.2 Å². The van der Waals surface area contributed by atoms with Crippen LogP contribution in [0.2, 0.25) is 0 Å². The van der Waals surface area contributed by atoms with E-state index in [0.717, 1.165) is 24.3 Å². The second kappa shape index (κ2) is 5.86. The van der Waals surface area contributed by atoms with Crippen LogP contribution in [0.4, 0.5) is 0 Å². The number of thiophene rings is 1. The Labute approximate surface area is 125 Å². The summed E-state index contributed by atoms with van der Waals surface area (Å²) in [5, 5.41) is 2.05. The molecule has 20 heavy (non-hydrogen) atoms. The Bertz CT molecular complexity index is 485. The zero-order valence-corrected chi connectivity index (χ0v) is 13.3. The van der Waals surface area contributed by atoms with Crippen LogP contribution in [0, 0.1) is 0 Å². The molecule has 0 radical (unpaired) electrons. The van der Waals surface area contributed by atoms with Crippen molar-refractivity contribution in [1.29, 1.82) is 0 Å². The Morgan fingerprint density at radius 2 is 2.05 bits per heavy atom. The summed E-state index contributed by atoms with van der Waals surface area (Å²) in [7, 11) is 2.21. The molecule has 3 nitrogen and oxygen atoms in total. The van der Waals surface area contributed by atoms with Crippen LogP contribution in [-0.2, 0) is 6.42 Å². The van der Waals surface area contributed by atoms with Gasteiger partial charge < -0.3 is 9.80 Å². The second-order valence-electron chi connectivity index (χ2n) is 6.03. The predicted octanol–water partition coefficient (Wildman–Crippen LogP) is 3.01. The summed E-state index contributed by atoms with van der Waals surface area (Å²) in [5.74, 6) is 0.277. The number of carbonyl (C=O) groups is 1. The highest BCUT2D eigenvalue weighted by Crippen LogP contribution is 2.31. The maximum Gasteiger partial charge on any atom is 0.264 e. The first-order valence-electron chi connectivity index (χ1n) is 7.80. The first-order chi connectivity index (χ1) is 9.72. The normalized spacial score (nSPS) is 27.4. The standard InChI is InChI=1S/C16H24N2OS/c1-3-12-8-11-20-15(12)16(19)18-10-5-7-14(18)13-6-4-9-17(13)2/h8,11,13-14H,3-7,9-10H2,1-2H3/t13-,14+/m1/s1. The van der Waals surface area contributed by atoms with Crippen LogP contribution < -0.4 is 0 Å². The number of likely N-dealkylation sites (N-methyl/N-ethyl adjacent to an activating group) is 1. The summed E-state index contributed by atoms with van der Waals surface area (Å²) in [6, 6.07) is 3.11. The number of nitrogens with zero attached hydrogens (tertiary/aromatic N) is 2. The molecule has 0 unspecified atom stereocenters. The van der Waals surface area contributed by atoms with Crippen molar-refractivity contribution in [2.24, 2.45) is 0 Å². The molecule has 4 heteroatoms. The van der Waals surface area contributed by atoms with Gasteiger partial charge in [0.15, 0.2) is 0 Å². The van der Waals surface area contributed by atoms with E-state index in [-0.39, 0.29) is 5.91 Å². The van der Waals surface area contributed by atoms with Crippen molar-refractivity contribution in [1.82, 2.24) is 9.80 Å². The molecule has 0 N–H and O–H groups in total. The number of carbonyl (C=O) groups excluding carboxylic acids is 1. The summed E-state index contributed by atoms with van der Waals surface area (Å²) in [4.78, 5) is 18.5. The highest BCUT2D eigenvalue weighted by molar-refractivity contribution is 7.12. The number of amides is 1. The van der Waals surface area contributed by atoms with E-state index in [1.54, 1.807) is 11.3 Å². The highest BCUT2D eigenvalue weighted by Gasteiger charge is 2.39. The Morgan fingerprint density at radius 1 is 1.30 bits per heavy atom. The third-order valence-corrected chi connectivity index (χ3v) is 5.85. The summed E-state index contributed by atoms with van der Waals surface area (Å²) < 4.78 is 0. The fourth-order valence-corrected chi connectivity index (χ4v) is 4.75. The van der Waals surface area contributed by atoms with Gasteiger partial charge in [-0.1, -0.05) is 6.92 Å². The summed E-state index contributed by atoms with van der Waals surface area (Å²) in [5.41, 5.74) is 1.21. The lowest BCUT2D eigenvalue weighted by Gasteiger charge is -2.33. The highest BCUT2D eigenvalue weighted by atomic mass is 32.1. The molecule has 1 aromatic rings. The third kappa shape index (κ3) is 2.40. The lowest BCUT2D eigenvalue weighted by atomic mass is 10.0. The molecule has 2 aliphatic heterocycles. The smallest absolute Gasteiger partial charge is 0.264 e. The van der Waals surface area contributed by atoms with Gasteiger partial charge in [0.2, 0.25) is 0 Å². The van der Waals surface area contributed by atoms with Crippen molar-refractivity contribution in [3.05, 3.63) is 21.9 Å². The van der Waals surface area contributed by atoms with Crippen LogP contribution in [0.25, 0.3) is 0 Å². The van der Waals surface area contributed by atoms with E-state index in [4.69, 9.17) is 0 Å². The maximum absolute atomic E-state index is 12.9. The fourth-order valence-electron chi connectivity index (χ4n) is 3.80. The molecule has 1 aromatic heterocycles. The van der Waals surface area contributed by atoms with E-state index in [1.165, 1.54) is 31.4 Å². The largest absolute Gasteiger partial charge is 0.333 e. The predicted molar refractivity (Wildman–Crippen MR) is 83.4 cm³/mol. The fraction of sp³-hybridized carbons (Fsp3) is 0.688. The van der Waals surface area contributed by atoms with E-state index >= 15 is 0 Å². The second-order valence-corrected chi connectivity index (χ2v) is 6.94. The molecule has 3 heterocycles. The number of hydrogen-bond acceptors (Lipinski definition) is 3. The van der Waals surface area contributed by atoms with Crippen LogP contribution in [0.15, 0.2) is 11.4 Å². The maximum atomic E-state index is 12.9. The van der Waals surface area contributed by atoms with Crippen molar-refractivity contribution in [3.8, 4) is 0 Å². The van der Waals surface area contributed by atoms with Gasteiger partial charge in [0.1, 0.15) is 0 Å². The van der Waals surface area contributed by atoms with Gasteiger partial charge in [0.25, 0.3) is 5.91 Å². The molecular weight excluding hydrogens is 268 g/mol. The quantitative estimate of drug-likeness (QED) is 0.855. The Balaban J connectivity index is 1.80. The van der Waals surface area contributed by atoms with E-state index in [2.05, 4.69) is 35.2 Å². The zero-order chi connectivity index (χ0) is 14.1. The van der Waals surface area contributed by atoms with E-state index in [9.17, 15) is 4.79 Å². The number of likely N-dealkylation sites (tertiary alicyclic amines) is 2. The molecule has 2 saturated heterocycles. The molecule has 1 amide bonds. The van der Waals surface area contributed by atoms with Crippen molar-refractivity contribution in [2.45, 2.75) is 51.1 Å². The minimum Gasteiger partial charge on any atom is -0.333 e. The van der Waals surface area contributed by atoms with Gasteiger partial charge >= 0.3 is 0 Å². The molecule has 2 atom stereocenters. The van der Waals surface area contributed by atoms with E-state index in [0.29, 0.717) is 12.1 Å². The van der Waals surface area contributed by atoms with Gasteiger partial charge in [-0.25, -0.2) is 0 Å². The molecule has 2 aliphatic rings. The molecule has 2 fully saturated rings. The average molecular weight is 292 g/mol. The molecule has 110 valence electrons. The lowest BCUT2D eigenvalue weighted by Crippen LogP contribution is -2.47. The molecule has 0 aliphatic carbocycles. The minimum atomic E-state index is 0.277. The number of rotatable bonds is 3. The third-order valence-electron chi connectivity index (χ3n) is 4.90. The first kappa shape index (κ1) is 14.1. The van der Waals surface area contributed by atoms with Gasteiger partial charge in [0.05, 0.1) is 4.88 Å². The van der Waals surface area contributed by atoms with Crippen LogP contribution in [0.3, 0.4) is 0 Å². The van der Waals surface area contributed by atoms with Gasteiger partial charge in [-0.05, 0) is 62.7 Å². The molecule has 0 bridgehead atoms. The SMILES string of the molecule is CCc1ccsc1C(=O)N1CCC[C@H]1[C@H]1CCCN1C. The monoisotopic (exact) mass is 292 g/mol. The summed E-state index contributed by atoms with van der Waals surface area (Å²) >= 11 is 1.61. The Morgan fingerprint density at radius 3 is 2.75 bits per heavy atom. The van der Waals surface area contributed by atoms with Crippen LogP contribution in [0.1, 0.15) is 47.8 Å². The minimum absolute atomic E-state index is 0.277. The van der Waals surface area contributed by atoms with Gasteiger partial charge in [0, 0.05) is 18.6 Å². The van der Waals surface area contributed by atoms with Crippen LogP contribution >= 0.6 is 11.3 Å². The van der Waals surface area contributed by atoms with Gasteiger partial charge in [-0.2, -0.15) is 0 Å². The Hall–Kier alpha value is -0.870. The van der Waals surface area contributed by atoms with Crippen molar-refractivity contribution < 1.29 is 4.79 Å². The number of hydrogen-bond donors (Lipinski definition) is 0. The topological polar surface area (TPSA) is 23.6 Å². The van der Waals surface area contributed by atoms with Gasteiger partial charge in [-0.15, -0.1) is 11.3 Å². The first-order valence-corrected chi connectivity index (χ1v) is 8.68.